The lowest BCUT2D eigenvalue weighted by atomic mass is 9.41. The lowest BCUT2D eigenvalue weighted by Gasteiger charge is -2.62. The molecule has 1 aromatic heterocycles. The van der Waals surface area contributed by atoms with Crippen molar-refractivity contribution in [1.29, 1.82) is 0 Å². The van der Waals surface area contributed by atoms with Gasteiger partial charge in [-0.25, -0.2) is 0 Å². The summed E-state index contributed by atoms with van der Waals surface area (Å²) in [5.74, 6) is -5.09. The van der Waals surface area contributed by atoms with Crippen LogP contribution in [0.5, 0.6) is 0 Å². The van der Waals surface area contributed by atoms with Crippen molar-refractivity contribution >= 4 is 23.7 Å². The summed E-state index contributed by atoms with van der Waals surface area (Å²) < 4.78 is 51.3. The van der Waals surface area contributed by atoms with Gasteiger partial charge in [-0.05, 0) is 49.5 Å². The zero-order valence-electron chi connectivity index (χ0n) is 25.9. The highest BCUT2D eigenvalue weighted by atomic mass is 16.6. The van der Waals surface area contributed by atoms with Gasteiger partial charge < -0.3 is 23.4 Å². The molecule has 1 saturated heterocycles. The predicted octanol–water partition coefficient (Wildman–Crippen LogP) is 3.92. The van der Waals surface area contributed by atoms with Crippen LogP contribution in [0.2, 0.25) is 0 Å². The van der Waals surface area contributed by atoms with Gasteiger partial charge >= 0.3 is 17.9 Å². The average molecular weight is 544 g/mol. The molecular weight excluding hydrogens is 504 g/mol. The molecule has 1 aliphatic heterocycles. The van der Waals surface area contributed by atoms with E-state index < -0.39 is 71.2 Å². The van der Waals surface area contributed by atoms with E-state index in [1.807, 2.05) is 19.9 Å². The third kappa shape index (κ3) is 3.61. The quantitative estimate of drug-likeness (QED) is 0.309. The van der Waals surface area contributed by atoms with Gasteiger partial charge in [0.15, 0.2) is 5.78 Å². The summed E-state index contributed by atoms with van der Waals surface area (Å²) in [6.07, 6.45) is 3.49. The van der Waals surface area contributed by atoms with Crippen LogP contribution in [-0.2, 0) is 38.1 Å². The monoisotopic (exact) mass is 543 g/mol. The largest absolute Gasteiger partial charge is 0.472 e. The number of carbonyl (C=O) groups excluding carboxylic acids is 4. The van der Waals surface area contributed by atoms with E-state index in [0.717, 1.165) is 16.7 Å². The Labute approximate surface area is 232 Å². The van der Waals surface area contributed by atoms with Gasteiger partial charge in [-0.15, -0.1) is 0 Å². The van der Waals surface area contributed by atoms with Crippen molar-refractivity contribution in [2.75, 3.05) is 14.2 Å². The molecule has 1 saturated carbocycles. The Morgan fingerprint density at radius 1 is 1.15 bits per heavy atom. The Kier molecular flexibility index (Phi) is 5.57. The summed E-state index contributed by atoms with van der Waals surface area (Å²) in [6, 6.07) is 1.87. The van der Waals surface area contributed by atoms with Gasteiger partial charge in [0, 0.05) is 33.6 Å². The molecule has 2 fully saturated rings. The molecule has 1 aromatic rings. The van der Waals surface area contributed by atoms with E-state index in [9.17, 15) is 19.2 Å². The summed E-state index contributed by atoms with van der Waals surface area (Å²) in [5.41, 5.74) is -1.34. The van der Waals surface area contributed by atoms with Crippen molar-refractivity contribution in [3.8, 4) is 0 Å². The standard InChI is InChI=1S/C30H36O9/c1-15-18(17-9-11-37-14-17)12-19-23(15)30(5)20(13-22(33)35-6)29(4)21(32)8-10-28(3,27(34)36-7)25(29)24(26(30)39-19)38-16(2)31/h8-11,14,18-20,24-26H,12-13H2,1-7H3/t18-,19-,20-,24-,25+,26-,28-,29+,30-/m1/s1/i2D3. The molecule has 0 aromatic carbocycles. The molecule has 0 spiro atoms. The number of ketones is 1. The molecule has 0 radical (unpaired) electrons. The first-order valence-electron chi connectivity index (χ1n) is 14.5. The topological polar surface area (TPSA) is 118 Å². The number of fused-ring (bicyclic) bond motifs is 4. The summed E-state index contributed by atoms with van der Waals surface area (Å²) in [5, 5.41) is 0. The van der Waals surface area contributed by atoms with Crippen LogP contribution in [0.15, 0.2) is 46.3 Å². The molecule has 39 heavy (non-hydrogen) atoms. The smallest absolute Gasteiger partial charge is 0.315 e. The van der Waals surface area contributed by atoms with E-state index in [1.165, 1.54) is 26.4 Å². The fraction of sp³-hybridized carbons (Fsp3) is 0.600. The molecule has 0 N–H and O–H groups in total. The Balaban J connectivity index is 1.79. The SMILES string of the molecule is [2H]C([2H])([2H])C(=O)O[C@H]1[C@H]2O[C@@H]3C[C@@H](c4ccoc4)C(C)=C3[C@@]2(C)[C@H](CC(=O)OC)[C@@]2(C)C(=O)C=C[C@@](C)(C(=O)OC)[C@H]12. The van der Waals surface area contributed by atoms with Gasteiger partial charge in [-0.3, -0.25) is 19.2 Å². The molecule has 3 aliphatic carbocycles. The third-order valence-electron chi connectivity index (χ3n) is 10.1. The van der Waals surface area contributed by atoms with Crippen LogP contribution in [0.25, 0.3) is 0 Å². The normalized spacial score (nSPS) is 42.0. The first-order valence-corrected chi connectivity index (χ1v) is 13.0. The van der Waals surface area contributed by atoms with Crippen LogP contribution in [0.4, 0.5) is 0 Å². The first-order chi connectivity index (χ1) is 19.6. The molecule has 5 rings (SSSR count). The van der Waals surface area contributed by atoms with Crippen LogP contribution < -0.4 is 0 Å². The molecule has 0 bridgehead atoms. The molecular formula is C30H36O9. The summed E-state index contributed by atoms with van der Waals surface area (Å²) in [4.78, 5) is 53.5. The van der Waals surface area contributed by atoms with Crippen LogP contribution in [0.1, 0.15) is 63.0 Å². The van der Waals surface area contributed by atoms with E-state index in [1.54, 1.807) is 26.4 Å². The van der Waals surface area contributed by atoms with Crippen LogP contribution in [0, 0.1) is 28.1 Å². The van der Waals surface area contributed by atoms with Gasteiger partial charge in [-0.2, -0.15) is 0 Å². The summed E-state index contributed by atoms with van der Waals surface area (Å²) in [7, 11) is 2.47. The summed E-state index contributed by atoms with van der Waals surface area (Å²) >= 11 is 0. The minimum absolute atomic E-state index is 0.0588. The summed E-state index contributed by atoms with van der Waals surface area (Å²) in [6.45, 7) is 3.95. The minimum atomic E-state index is -3.11. The lowest BCUT2D eigenvalue weighted by molar-refractivity contribution is -0.226. The number of furan rings is 1. The lowest BCUT2D eigenvalue weighted by Crippen LogP contribution is -2.70. The second-order valence-corrected chi connectivity index (χ2v) is 11.7. The number of rotatable bonds is 5. The maximum absolute atomic E-state index is 14.1. The van der Waals surface area contributed by atoms with E-state index in [0.29, 0.717) is 6.42 Å². The number of esters is 3. The van der Waals surface area contributed by atoms with Gasteiger partial charge in [0.05, 0.1) is 44.7 Å². The number of hydrogen-bond donors (Lipinski definition) is 0. The molecule has 2 heterocycles. The zero-order chi connectivity index (χ0) is 31.0. The third-order valence-corrected chi connectivity index (χ3v) is 10.1. The number of carbonyl (C=O) groups is 4. The van der Waals surface area contributed by atoms with Gasteiger partial charge in [0.1, 0.15) is 12.2 Å². The first kappa shape index (κ1) is 23.7. The van der Waals surface area contributed by atoms with Crippen molar-refractivity contribution in [2.45, 2.75) is 71.6 Å². The second kappa shape index (κ2) is 9.18. The van der Waals surface area contributed by atoms with E-state index in [2.05, 4.69) is 0 Å². The van der Waals surface area contributed by atoms with Gasteiger partial charge in [0.2, 0.25) is 0 Å². The molecule has 0 amide bonds. The van der Waals surface area contributed by atoms with E-state index >= 15 is 0 Å². The molecule has 0 unspecified atom stereocenters. The van der Waals surface area contributed by atoms with Gasteiger partial charge in [-0.1, -0.05) is 25.5 Å². The number of ether oxygens (including phenoxy) is 4. The Bertz CT molecular complexity index is 1380. The number of methoxy groups -OCH3 is 2. The zero-order valence-corrected chi connectivity index (χ0v) is 22.9. The van der Waals surface area contributed by atoms with Crippen LogP contribution >= 0.6 is 0 Å². The molecule has 9 nitrogen and oxygen atoms in total. The Hall–Kier alpha value is -3.20. The maximum atomic E-state index is 14.1. The van der Waals surface area contributed by atoms with Crippen molar-refractivity contribution in [3.63, 3.8) is 0 Å². The highest BCUT2D eigenvalue weighted by Gasteiger charge is 2.75. The molecule has 9 heteroatoms. The fourth-order valence-corrected chi connectivity index (χ4v) is 8.50. The maximum Gasteiger partial charge on any atom is 0.315 e. The van der Waals surface area contributed by atoms with E-state index in [-0.39, 0.29) is 18.1 Å². The average Bonchev–Trinajstić information content (AvgIpc) is 3.64. The van der Waals surface area contributed by atoms with Crippen molar-refractivity contribution in [1.82, 2.24) is 0 Å². The fourth-order valence-electron chi connectivity index (χ4n) is 8.50. The van der Waals surface area contributed by atoms with E-state index in [4.69, 9.17) is 27.5 Å². The predicted molar refractivity (Wildman–Crippen MR) is 137 cm³/mol. The van der Waals surface area contributed by atoms with Crippen molar-refractivity contribution in [3.05, 3.63) is 47.5 Å². The van der Waals surface area contributed by atoms with Crippen LogP contribution in [0.3, 0.4) is 0 Å². The molecule has 4 aliphatic rings. The molecule has 210 valence electrons. The van der Waals surface area contributed by atoms with Crippen LogP contribution in [-0.4, -0.2) is 56.2 Å². The number of allylic oxidation sites excluding steroid dienone is 2. The Morgan fingerprint density at radius 3 is 2.51 bits per heavy atom. The highest BCUT2D eigenvalue weighted by molar-refractivity contribution is 5.99. The minimum Gasteiger partial charge on any atom is -0.472 e. The van der Waals surface area contributed by atoms with Crippen molar-refractivity contribution in [2.24, 2.45) is 28.1 Å². The second-order valence-electron chi connectivity index (χ2n) is 11.7. The Morgan fingerprint density at radius 2 is 1.90 bits per heavy atom. The highest BCUT2D eigenvalue weighted by Crippen LogP contribution is 2.70. The van der Waals surface area contributed by atoms with Crippen molar-refractivity contribution < 1.29 is 46.7 Å². The number of hydrogen-bond acceptors (Lipinski definition) is 9. The van der Waals surface area contributed by atoms with Gasteiger partial charge in [0.25, 0.3) is 0 Å². The molecule has 9 atom stereocenters.